The summed E-state index contributed by atoms with van der Waals surface area (Å²) in [4.78, 5) is 14.4. The Morgan fingerprint density at radius 2 is 1.70 bits per heavy atom. The van der Waals surface area contributed by atoms with Crippen molar-refractivity contribution in [3.8, 4) is 11.5 Å². The predicted molar refractivity (Wildman–Crippen MR) is 163 cm³/mol. The number of ether oxygens (including phenoxy) is 5. The van der Waals surface area contributed by atoms with E-state index in [-0.39, 0.29) is 31.3 Å². The molecular formula is C34H40N2O7. The molecule has 2 aliphatic rings. The van der Waals surface area contributed by atoms with Crippen molar-refractivity contribution >= 4 is 11.8 Å². The Kier molecular flexibility index (Phi) is 9.99. The summed E-state index contributed by atoms with van der Waals surface area (Å²) in [6, 6.07) is 19.4. The molecule has 3 aromatic carbocycles. The molecule has 3 aromatic rings. The average Bonchev–Trinajstić information content (AvgIpc) is 3.04. The van der Waals surface area contributed by atoms with E-state index in [9.17, 15) is 9.90 Å². The van der Waals surface area contributed by atoms with Gasteiger partial charge >= 0.3 is 6.09 Å². The normalized spacial score (nSPS) is 21.9. The Morgan fingerprint density at radius 1 is 1.02 bits per heavy atom. The van der Waals surface area contributed by atoms with E-state index in [1.54, 1.807) is 26.4 Å². The van der Waals surface area contributed by atoms with Crippen LogP contribution in [0.2, 0.25) is 0 Å². The van der Waals surface area contributed by atoms with E-state index in [4.69, 9.17) is 23.7 Å². The number of nitrogens with one attached hydrogen (secondary N) is 1. The van der Waals surface area contributed by atoms with Crippen molar-refractivity contribution in [3.05, 3.63) is 101 Å². The maximum Gasteiger partial charge on any atom is 0.411 e. The molecule has 228 valence electrons. The molecule has 0 saturated carbocycles. The third kappa shape index (κ3) is 7.19. The maximum absolute atomic E-state index is 12.0. The number of carbonyl (C=O) groups is 1. The number of aliphatic hydroxyl groups excluding tert-OH is 1. The number of hydrogen-bond donors (Lipinski definition) is 2. The van der Waals surface area contributed by atoms with Gasteiger partial charge in [0.25, 0.3) is 0 Å². The second kappa shape index (κ2) is 14.1. The molecule has 43 heavy (non-hydrogen) atoms. The summed E-state index contributed by atoms with van der Waals surface area (Å²) in [5.41, 5.74) is 5.84. The van der Waals surface area contributed by atoms with E-state index < -0.39 is 12.4 Å². The third-order valence-corrected chi connectivity index (χ3v) is 8.12. The largest absolute Gasteiger partial charge is 0.493 e. The molecule has 4 atom stereocenters. The number of rotatable bonds is 10. The first kappa shape index (κ1) is 30.6. The topological polar surface area (TPSA) is 98.7 Å². The van der Waals surface area contributed by atoms with Crippen LogP contribution in [0, 0.1) is 5.92 Å². The zero-order chi connectivity index (χ0) is 30.3. The van der Waals surface area contributed by atoms with Gasteiger partial charge in [0.2, 0.25) is 0 Å². The van der Waals surface area contributed by atoms with Crippen molar-refractivity contribution in [3.63, 3.8) is 0 Å². The molecule has 2 aliphatic heterocycles. The van der Waals surface area contributed by atoms with Gasteiger partial charge in [0.1, 0.15) is 6.61 Å². The zero-order valence-corrected chi connectivity index (χ0v) is 25.0. The first-order valence-electron chi connectivity index (χ1n) is 14.5. The lowest BCUT2D eigenvalue weighted by Gasteiger charge is -2.43. The predicted octanol–water partition coefficient (Wildman–Crippen LogP) is 5.78. The van der Waals surface area contributed by atoms with Crippen molar-refractivity contribution in [1.82, 2.24) is 4.90 Å². The summed E-state index contributed by atoms with van der Waals surface area (Å²) in [5, 5.41) is 12.3. The van der Waals surface area contributed by atoms with Gasteiger partial charge in [0.05, 0.1) is 33.0 Å². The van der Waals surface area contributed by atoms with Crippen LogP contribution < -0.4 is 14.8 Å². The fraction of sp³-hybridized carbons (Fsp3) is 0.382. The third-order valence-electron chi connectivity index (χ3n) is 8.12. The standard InChI is InChI=1S/C34H40N2O7/c1-5-16-41-34(38)35-28-12-10-25(11-13-28)33-42-31(22(2)32(43-33)24-8-6-23(21-37)7-9-24)20-36-15-14-26-17-29(39-3)30(40-4)18-27(26)19-36/h5-13,17-18,22,31-33,37H,1,14-16,19-21H2,2-4H3,(H,35,38). The Morgan fingerprint density at radius 3 is 2.35 bits per heavy atom. The first-order valence-corrected chi connectivity index (χ1v) is 14.5. The van der Waals surface area contributed by atoms with Gasteiger partial charge in [-0.1, -0.05) is 56.0 Å². The van der Waals surface area contributed by atoms with E-state index in [2.05, 4.69) is 35.9 Å². The molecule has 2 heterocycles. The Bertz CT molecular complexity index is 1390. The van der Waals surface area contributed by atoms with E-state index in [1.165, 1.54) is 17.2 Å². The van der Waals surface area contributed by atoms with E-state index in [0.717, 1.165) is 54.2 Å². The highest BCUT2D eigenvalue weighted by Gasteiger charge is 2.39. The molecule has 9 heteroatoms. The summed E-state index contributed by atoms with van der Waals surface area (Å²) in [5.74, 6) is 1.55. The first-order chi connectivity index (χ1) is 20.9. The highest BCUT2D eigenvalue weighted by molar-refractivity contribution is 5.84. The van der Waals surface area contributed by atoms with E-state index in [1.807, 2.05) is 36.4 Å². The number of hydrogen-bond acceptors (Lipinski definition) is 8. The molecule has 2 N–H and O–H groups in total. The van der Waals surface area contributed by atoms with Gasteiger partial charge in [0, 0.05) is 36.8 Å². The van der Waals surface area contributed by atoms with Crippen LogP contribution in [0.5, 0.6) is 11.5 Å². The van der Waals surface area contributed by atoms with Crippen LogP contribution in [0.4, 0.5) is 10.5 Å². The quantitative estimate of drug-likeness (QED) is 0.288. The average molecular weight is 589 g/mol. The Balaban J connectivity index is 1.35. The van der Waals surface area contributed by atoms with Crippen LogP contribution in [-0.2, 0) is 33.8 Å². The summed E-state index contributed by atoms with van der Waals surface area (Å²) < 4.78 is 29.3. The molecule has 0 spiro atoms. The van der Waals surface area contributed by atoms with Gasteiger partial charge in [0.15, 0.2) is 17.8 Å². The van der Waals surface area contributed by atoms with Crippen LogP contribution in [0.1, 0.15) is 47.1 Å². The Hall–Kier alpha value is -3.89. The number of fused-ring (bicyclic) bond motifs is 1. The Labute approximate surface area is 253 Å². The molecule has 4 unspecified atom stereocenters. The molecule has 1 amide bonds. The van der Waals surface area contributed by atoms with Crippen LogP contribution in [0.3, 0.4) is 0 Å². The van der Waals surface area contributed by atoms with Crippen molar-refractivity contribution in [2.24, 2.45) is 5.92 Å². The molecule has 0 bridgehead atoms. The van der Waals surface area contributed by atoms with Crippen molar-refractivity contribution in [2.45, 2.75) is 45.0 Å². The smallest absolute Gasteiger partial charge is 0.411 e. The van der Waals surface area contributed by atoms with Crippen molar-refractivity contribution < 1.29 is 33.6 Å². The van der Waals surface area contributed by atoms with Crippen LogP contribution in [-0.4, -0.2) is 56.1 Å². The van der Waals surface area contributed by atoms with Gasteiger partial charge in [-0.2, -0.15) is 0 Å². The second-order valence-electron chi connectivity index (χ2n) is 10.9. The minimum atomic E-state index is -0.605. The van der Waals surface area contributed by atoms with Crippen LogP contribution in [0.25, 0.3) is 0 Å². The molecule has 5 rings (SSSR count). The summed E-state index contributed by atoms with van der Waals surface area (Å²) in [6.07, 6.45) is 0.942. The molecular weight excluding hydrogens is 548 g/mol. The zero-order valence-electron chi connectivity index (χ0n) is 25.0. The van der Waals surface area contributed by atoms with Gasteiger partial charge in [-0.25, -0.2) is 4.79 Å². The number of nitrogens with zero attached hydrogens (tertiary/aromatic N) is 1. The molecule has 0 radical (unpaired) electrons. The summed E-state index contributed by atoms with van der Waals surface area (Å²) >= 11 is 0. The number of anilines is 1. The second-order valence-corrected chi connectivity index (χ2v) is 10.9. The minimum Gasteiger partial charge on any atom is -0.493 e. The SMILES string of the molecule is C=CCOC(=O)Nc1ccc(C2OC(CN3CCc4cc(OC)c(OC)cc4C3)C(C)C(c3ccc(CO)cc3)O2)cc1. The van der Waals surface area contributed by atoms with Gasteiger partial charge in [-0.05, 0) is 52.9 Å². The number of aliphatic hydroxyl groups is 1. The highest BCUT2D eigenvalue weighted by atomic mass is 16.7. The number of amides is 1. The van der Waals surface area contributed by atoms with Crippen LogP contribution in [0.15, 0.2) is 73.3 Å². The lowest BCUT2D eigenvalue weighted by molar-refractivity contribution is -0.276. The van der Waals surface area contributed by atoms with Gasteiger partial charge < -0.3 is 28.8 Å². The minimum absolute atomic E-state index is 0.00959. The van der Waals surface area contributed by atoms with Crippen molar-refractivity contribution in [1.29, 1.82) is 0 Å². The highest BCUT2D eigenvalue weighted by Crippen LogP contribution is 2.42. The van der Waals surface area contributed by atoms with Gasteiger partial charge in [-0.3, -0.25) is 10.2 Å². The van der Waals surface area contributed by atoms with Crippen molar-refractivity contribution in [2.75, 3.05) is 39.2 Å². The lowest BCUT2D eigenvalue weighted by Crippen LogP contribution is -2.45. The lowest BCUT2D eigenvalue weighted by atomic mass is 9.89. The van der Waals surface area contributed by atoms with Gasteiger partial charge in [-0.15, -0.1) is 0 Å². The number of benzene rings is 3. The van der Waals surface area contributed by atoms with E-state index >= 15 is 0 Å². The molecule has 9 nitrogen and oxygen atoms in total. The summed E-state index contributed by atoms with van der Waals surface area (Å²) in [6.45, 7) is 8.26. The fourth-order valence-electron chi connectivity index (χ4n) is 5.69. The number of methoxy groups -OCH3 is 2. The molecule has 0 aliphatic carbocycles. The maximum atomic E-state index is 12.0. The molecule has 1 saturated heterocycles. The molecule has 0 aromatic heterocycles. The monoisotopic (exact) mass is 588 g/mol. The van der Waals surface area contributed by atoms with E-state index in [0.29, 0.717) is 5.69 Å². The molecule has 1 fully saturated rings. The number of carbonyl (C=O) groups excluding carboxylic acids is 1. The fourth-order valence-corrected chi connectivity index (χ4v) is 5.69. The summed E-state index contributed by atoms with van der Waals surface area (Å²) in [7, 11) is 3.32. The van der Waals surface area contributed by atoms with Crippen LogP contribution >= 0.6 is 0 Å².